The number of ether oxygens (including phenoxy) is 1. The van der Waals surface area contributed by atoms with Crippen molar-refractivity contribution >= 4 is 6.09 Å². The Bertz CT molecular complexity index is 390. The molecule has 1 aliphatic rings. The van der Waals surface area contributed by atoms with Crippen LogP contribution in [0.15, 0.2) is 18.2 Å². The van der Waals surface area contributed by atoms with Crippen LogP contribution in [0, 0.1) is 0 Å². The van der Waals surface area contributed by atoms with Crippen LogP contribution in [-0.4, -0.2) is 13.1 Å². The standard InChI is InChI=1S/C11H14N2O2/c1-13-11(14)15-8-4-2-7-3-5-10(12)9(7)6-8/h2,4,6,10H,3,5,12H2,1H3,(H,13,14). The SMILES string of the molecule is CNC(=O)Oc1ccc2c(c1)C(N)CC2. The van der Waals surface area contributed by atoms with Gasteiger partial charge in [0.25, 0.3) is 0 Å². The maximum atomic E-state index is 11.0. The van der Waals surface area contributed by atoms with E-state index in [1.807, 2.05) is 12.1 Å². The largest absolute Gasteiger partial charge is 0.412 e. The summed E-state index contributed by atoms with van der Waals surface area (Å²) in [5.41, 5.74) is 8.27. The van der Waals surface area contributed by atoms with E-state index in [9.17, 15) is 4.79 Å². The number of benzene rings is 1. The van der Waals surface area contributed by atoms with Crippen LogP contribution in [0.3, 0.4) is 0 Å². The summed E-state index contributed by atoms with van der Waals surface area (Å²) in [6.07, 6.45) is 1.52. The van der Waals surface area contributed by atoms with Gasteiger partial charge in [-0.3, -0.25) is 0 Å². The van der Waals surface area contributed by atoms with Gasteiger partial charge in [0, 0.05) is 13.1 Å². The first-order valence-corrected chi connectivity index (χ1v) is 4.98. The molecule has 0 aliphatic heterocycles. The fourth-order valence-corrected chi connectivity index (χ4v) is 1.83. The van der Waals surface area contributed by atoms with Gasteiger partial charge in [-0.2, -0.15) is 0 Å². The maximum Gasteiger partial charge on any atom is 0.412 e. The predicted octanol–water partition coefficient (Wildman–Crippen LogP) is 1.35. The smallest absolute Gasteiger partial charge is 0.410 e. The average molecular weight is 206 g/mol. The first-order valence-electron chi connectivity index (χ1n) is 4.98. The van der Waals surface area contributed by atoms with Gasteiger partial charge in [0.1, 0.15) is 5.75 Å². The van der Waals surface area contributed by atoms with Crippen LogP contribution in [-0.2, 0) is 6.42 Å². The Hall–Kier alpha value is -1.55. The second kappa shape index (κ2) is 3.90. The van der Waals surface area contributed by atoms with E-state index in [4.69, 9.17) is 10.5 Å². The lowest BCUT2D eigenvalue weighted by Gasteiger charge is -2.08. The minimum absolute atomic E-state index is 0.0771. The lowest BCUT2D eigenvalue weighted by atomic mass is 10.1. The van der Waals surface area contributed by atoms with Crippen molar-refractivity contribution in [3.05, 3.63) is 29.3 Å². The topological polar surface area (TPSA) is 64.3 Å². The molecule has 1 amide bonds. The summed E-state index contributed by atoms with van der Waals surface area (Å²) >= 11 is 0. The van der Waals surface area contributed by atoms with Crippen molar-refractivity contribution in [1.29, 1.82) is 0 Å². The monoisotopic (exact) mass is 206 g/mol. The van der Waals surface area contributed by atoms with Crippen LogP contribution in [0.2, 0.25) is 0 Å². The summed E-state index contributed by atoms with van der Waals surface area (Å²) in [4.78, 5) is 11.0. The highest BCUT2D eigenvalue weighted by Crippen LogP contribution is 2.31. The maximum absolute atomic E-state index is 11.0. The van der Waals surface area contributed by atoms with E-state index in [-0.39, 0.29) is 6.04 Å². The molecule has 15 heavy (non-hydrogen) atoms. The van der Waals surface area contributed by atoms with Gasteiger partial charge in [0.2, 0.25) is 0 Å². The van der Waals surface area contributed by atoms with E-state index < -0.39 is 6.09 Å². The summed E-state index contributed by atoms with van der Waals surface area (Å²) in [6.45, 7) is 0. The molecule has 1 aromatic carbocycles. The summed E-state index contributed by atoms with van der Waals surface area (Å²) in [5, 5.41) is 2.40. The van der Waals surface area contributed by atoms with Crippen molar-refractivity contribution < 1.29 is 9.53 Å². The number of rotatable bonds is 1. The Labute approximate surface area is 88.4 Å². The third-order valence-corrected chi connectivity index (χ3v) is 2.66. The number of carbonyl (C=O) groups excluding carboxylic acids is 1. The zero-order chi connectivity index (χ0) is 10.8. The molecule has 1 atom stereocenters. The highest BCUT2D eigenvalue weighted by Gasteiger charge is 2.19. The predicted molar refractivity (Wildman–Crippen MR) is 56.8 cm³/mol. The number of hydrogen-bond acceptors (Lipinski definition) is 3. The van der Waals surface area contributed by atoms with Gasteiger partial charge in [-0.25, -0.2) is 4.79 Å². The Morgan fingerprint density at radius 2 is 2.40 bits per heavy atom. The minimum atomic E-state index is -0.457. The highest BCUT2D eigenvalue weighted by molar-refractivity contribution is 5.70. The molecule has 0 bridgehead atoms. The number of fused-ring (bicyclic) bond motifs is 1. The van der Waals surface area contributed by atoms with E-state index in [1.54, 1.807) is 6.07 Å². The Morgan fingerprint density at radius 3 is 3.13 bits per heavy atom. The lowest BCUT2D eigenvalue weighted by Crippen LogP contribution is -2.22. The number of aryl methyl sites for hydroxylation is 1. The lowest BCUT2D eigenvalue weighted by molar-refractivity contribution is 0.203. The molecule has 4 nitrogen and oxygen atoms in total. The first-order chi connectivity index (χ1) is 7.20. The van der Waals surface area contributed by atoms with E-state index in [1.165, 1.54) is 12.6 Å². The molecule has 80 valence electrons. The van der Waals surface area contributed by atoms with Crippen LogP contribution in [0.5, 0.6) is 5.75 Å². The molecule has 0 heterocycles. The number of carbonyl (C=O) groups is 1. The summed E-state index contributed by atoms with van der Waals surface area (Å²) in [7, 11) is 1.53. The second-order valence-corrected chi connectivity index (χ2v) is 3.65. The van der Waals surface area contributed by atoms with Crippen molar-refractivity contribution in [2.24, 2.45) is 5.73 Å². The Kier molecular flexibility index (Phi) is 2.60. The number of nitrogens with two attached hydrogens (primary N) is 1. The molecule has 0 fully saturated rings. The molecule has 0 radical (unpaired) electrons. The molecular weight excluding hydrogens is 192 g/mol. The van der Waals surface area contributed by atoms with Crippen molar-refractivity contribution in [3.63, 3.8) is 0 Å². The van der Waals surface area contributed by atoms with Gasteiger partial charge in [0.05, 0.1) is 0 Å². The number of hydrogen-bond donors (Lipinski definition) is 2. The van der Waals surface area contributed by atoms with Gasteiger partial charge < -0.3 is 15.8 Å². The summed E-state index contributed by atoms with van der Waals surface area (Å²) in [6, 6.07) is 5.70. The summed E-state index contributed by atoms with van der Waals surface area (Å²) < 4.78 is 5.03. The average Bonchev–Trinajstić information content (AvgIpc) is 2.60. The van der Waals surface area contributed by atoms with E-state index in [0.29, 0.717) is 5.75 Å². The van der Waals surface area contributed by atoms with Crippen molar-refractivity contribution in [2.45, 2.75) is 18.9 Å². The fraction of sp³-hybridized carbons (Fsp3) is 0.364. The minimum Gasteiger partial charge on any atom is -0.410 e. The molecule has 2 rings (SSSR count). The molecule has 1 aromatic rings. The highest BCUT2D eigenvalue weighted by atomic mass is 16.5. The Morgan fingerprint density at radius 1 is 1.60 bits per heavy atom. The number of amides is 1. The van der Waals surface area contributed by atoms with E-state index in [2.05, 4.69) is 5.32 Å². The van der Waals surface area contributed by atoms with Crippen LogP contribution in [0.4, 0.5) is 4.79 Å². The molecule has 0 saturated carbocycles. The normalized spacial score (nSPS) is 18.4. The third-order valence-electron chi connectivity index (χ3n) is 2.66. The van der Waals surface area contributed by atoms with Crippen LogP contribution >= 0.6 is 0 Å². The van der Waals surface area contributed by atoms with Crippen LogP contribution in [0.1, 0.15) is 23.6 Å². The van der Waals surface area contributed by atoms with E-state index >= 15 is 0 Å². The molecule has 0 spiro atoms. The third kappa shape index (κ3) is 1.94. The fourth-order valence-electron chi connectivity index (χ4n) is 1.83. The Balaban J connectivity index is 2.21. The summed E-state index contributed by atoms with van der Waals surface area (Å²) in [5.74, 6) is 0.547. The van der Waals surface area contributed by atoms with E-state index in [0.717, 1.165) is 18.4 Å². The van der Waals surface area contributed by atoms with Gasteiger partial charge in [0.15, 0.2) is 0 Å². The van der Waals surface area contributed by atoms with Crippen molar-refractivity contribution in [2.75, 3.05) is 7.05 Å². The molecule has 4 heteroatoms. The van der Waals surface area contributed by atoms with Gasteiger partial charge >= 0.3 is 6.09 Å². The molecule has 1 unspecified atom stereocenters. The second-order valence-electron chi connectivity index (χ2n) is 3.65. The van der Waals surface area contributed by atoms with Crippen molar-refractivity contribution in [3.8, 4) is 5.75 Å². The molecular formula is C11H14N2O2. The van der Waals surface area contributed by atoms with Gasteiger partial charge in [-0.05, 0) is 36.1 Å². The van der Waals surface area contributed by atoms with Crippen molar-refractivity contribution in [1.82, 2.24) is 5.32 Å². The number of nitrogens with one attached hydrogen (secondary N) is 1. The van der Waals surface area contributed by atoms with Gasteiger partial charge in [-0.15, -0.1) is 0 Å². The molecule has 1 aliphatic carbocycles. The van der Waals surface area contributed by atoms with Crippen LogP contribution in [0.25, 0.3) is 0 Å². The molecule has 0 saturated heterocycles. The zero-order valence-electron chi connectivity index (χ0n) is 8.62. The van der Waals surface area contributed by atoms with Crippen LogP contribution < -0.4 is 15.8 Å². The molecule has 3 N–H and O–H groups in total. The quantitative estimate of drug-likeness (QED) is 0.729. The van der Waals surface area contributed by atoms with Gasteiger partial charge in [-0.1, -0.05) is 6.07 Å². The first kappa shape index (κ1) is 9.98. The molecule has 0 aromatic heterocycles. The zero-order valence-corrected chi connectivity index (χ0v) is 8.62.